The molecule has 24 heavy (non-hydrogen) atoms. The first-order valence-corrected chi connectivity index (χ1v) is 7.92. The molecule has 2 aromatic rings. The summed E-state index contributed by atoms with van der Waals surface area (Å²) in [5, 5.41) is 15.9. The molecule has 1 aliphatic rings. The second kappa shape index (κ2) is 6.49. The molecule has 0 unspecified atom stereocenters. The van der Waals surface area contributed by atoms with Crippen LogP contribution in [0.15, 0.2) is 29.2 Å². The van der Waals surface area contributed by atoms with Gasteiger partial charge in [0.1, 0.15) is 16.5 Å². The van der Waals surface area contributed by atoms with E-state index in [2.05, 4.69) is 10.4 Å². The van der Waals surface area contributed by atoms with Crippen LogP contribution in [0, 0.1) is 17.0 Å². The molecule has 5 nitrogen and oxygen atoms in total. The fourth-order valence-corrected chi connectivity index (χ4v) is 2.79. The van der Waals surface area contributed by atoms with E-state index in [-0.39, 0.29) is 22.7 Å². The average molecular weight is 356 g/mol. The van der Waals surface area contributed by atoms with Crippen LogP contribution in [0.2, 0.25) is 5.02 Å². The van der Waals surface area contributed by atoms with Crippen molar-refractivity contribution in [3.05, 3.63) is 51.4 Å². The van der Waals surface area contributed by atoms with E-state index in [0.29, 0.717) is 24.7 Å². The second-order valence-electron chi connectivity index (χ2n) is 6.01. The molecule has 0 amide bonds. The minimum atomic E-state index is -0.902. The molecule has 1 aliphatic carbocycles. The van der Waals surface area contributed by atoms with Gasteiger partial charge in [0, 0.05) is 19.2 Å². The predicted molar refractivity (Wildman–Crippen MR) is 86.6 cm³/mol. The summed E-state index contributed by atoms with van der Waals surface area (Å²) >= 11 is 6.08. The van der Waals surface area contributed by atoms with Crippen LogP contribution >= 0.6 is 11.6 Å². The van der Waals surface area contributed by atoms with Crippen molar-refractivity contribution in [3.63, 3.8) is 0 Å². The van der Waals surface area contributed by atoms with Crippen LogP contribution in [0.25, 0.3) is 5.69 Å². The molecule has 1 aromatic carbocycles. The van der Waals surface area contributed by atoms with Gasteiger partial charge in [0.2, 0.25) is 0 Å². The molecule has 1 heterocycles. The summed E-state index contributed by atoms with van der Waals surface area (Å²) in [6, 6.07) is 2.84. The van der Waals surface area contributed by atoms with Crippen molar-refractivity contribution < 1.29 is 13.9 Å². The lowest BCUT2D eigenvalue weighted by molar-refractivity contribution is 0.253. The Morgan fingerprint density at radius 1 is 1.38 bits per heavy atom. The van der Waals surface area contributed by atoms with Gasteiger partial charge in [-0.15, -0.1) is 0 Å². The van der Waals surface area contributed by atoms with Crippen LogP contribution in [0.3, 0.4) is 0 Å². The molecule has 128 valence electrons. The van der Waals surface area contributed by atoms with Gasteiger partial charge in [0.15, 0.2) is 5.82 Å². The molecule has 0 saturated heterocycles. The molecular formula is C16H16ClF2N3O2. The third-order valence-electron chi connectivity index (χ3n) is 4.31. The predicted octanol–water partition coefficient (Wildman–Crippen LogP) is 2.74. The quantitative estimate of drug-likeness (QED) is 0.836. The van der Waals surface area contributed by atoms with Gasteiger partial charge in [-0.1, -0.05) is 11.6 Å². The summed E-state index contributed by atoms with van der Waals surface area (Å²) in [5.41, 5.74) is -0.478. The Hall–Kier alpha value is -1.99. The monoisotopic (exact) mass is 355 g/mol. The fourth-order valence-electron chi connectivity index (χ4n) is 2.59. The molecule has 0 atom stereocenters. The third kappa shape index (κ3) is 3.27. The van der Waals surface area contributed by atoms with E-state index in [9.17, 15) is 13.6 Å². The number of hydrogen-bond donors (Lipinski definition) is 2. The van der Waals surface area contributed by atoms with E-state index in [0.717, 1.165) is 29.7 Å². The first-order valence-electron chi connectivity index (χ1n) is 7.54. The Balaban J connectivity index is 1.85. The molecule has 3 rings (SSSR count). The number of rotatable bonds is 6. The molecule has 1 fully saturated rings. The van der Waals surface area contributed by atoms with Gasteiger partial charge >= 0.3 is 0 Å². The fraction of sp³-hybridized carbons (Fsp3) is 0.375. The summed E-state index contributed by atoms with van der Waals surface area (Å²) < 4.78 is 27.6. The first-order chi connectivity index (χ1) is 11.5. The molecule has 0 spiro atoms. The minimum Gasteiger partial charge on any atom is -0.396 e. The Morgan fingerprint density at radius 3 is 2.75 bits per heavy atom. The van der Waals surface area contributed by atoms with E-state index in [1.807, 2.05) is 0 Å². The molecule has 0 bridgehead atoms. The summed E-state index contributed by atoms with van der Waals surface area (Å²) in [5.74, 6) is -1.64. The molecule has 0 aliphatic heterocycles. The van der Waals surface area contributed by atoms with E-state index < -0.39 is 17.2 Å². The number of halogens is 3. The maximum atomic E-state index is 13.8. The van der Waals surface area contributed by atoms with Gasteiger partial charge < -0.3 is 10.4 Å². The summed E-state index contributed by atoms with van der Waals surface area (Å²) in [6.45, 7) is 0.683. The summed E-state index contributed by atoms with van der Waals surface area (Å²) in [6.07, 6.45) is 4.03. The van der Waals surface area contributed by atoms with Gasteiger partial charge in [0.25, 0.3) is 5.56 Å². The van der Waals surface area contributed by atoms with E-state index in [1.165, 1.54) is 6.20 Å². The summed E-state index contributed by atoms with van der Waals surface area (Å²) in [7, 11) is 0. The number of nitrogens with one attached hydrogen (secondary N) is 1. The highest BCUT2D eigenvalue weighted by molar-refractivity contribution is 6.32. The highest BCUT2D eigenvalue weighted by Crippen LogP contribution is 2.48. The Bertz CT molecular complexity index is 821. The van der Waals surface area contributed by atoms with E-state index in [1.54, 1.807) is 0 Å². The highest BCUT2D eigenvalue weighted by Gasteiger charge is 2.41. The Kier molecular flexibility index (Phi) is 4.56. The number of nitrogens with zero attached hydrogens (tertiary/aromatic N) is 2. The van der Waals surface area contributed by atoms with Gasteiger partial charge in [-0.05, 0) is 36.8 Å². The zero-order valence-corrected chi connectivity index (χ0v) is 13.5. The van der Waals surface area contributed by atoms with Crippen molar-refractivity contribution in [2.75, 3.05) is 18.5 Å². The SMILES string of the molecule is O=c1c(Cl)c(NCC2(CCO)CC2)cnn1-c1ccc(F)cc1F. The van der Waals surface area contributed by atoms with Crippen LogP contribution in [-0.2, 0) is 0 Å². The largest absolute Gasteiger partial charge is 0.396 e. The first kappa shape index (κ1) is 16.9. The van der Waals surface area contributed by atoms with Crippen molar-refractivity contribution in [3.8, 4) is 5.69 Å². The molecule has 2 N–H and O–H groups in total. The average Bonchev–Trinajstić information content (AvgIpc) is 3.30. The van der Waals surface area contributed by atoms with Crippen molar-refractivity contribution in [2.45, 2.75) is 19.3 Å². The number of aliphatic hydroxyl groups excluding tert-OH is 1. The minimum absolute atomic E-state index is 0.0377. The van der Waals surface area contributed by atoms with Crippen LogP contribution in [-0.4, -0.2) is 28.0 Å². The Labute approximate surface area is 141 Å². The summed E-state index contributed by atoms with van der Waals surface area (Å²) in [4.78, 5) is 12.3. The van der Waals surface area contributed by atoms with E-state index in [4.69, 9.17) is 16.7 Å². The molecule has 0 radical (unpaired) electrons. The van der Waals surface area contributed by atoms with Gasteiger partial charge in [-0.2, -0.15) is 9.78 Å². The molecule has 1 aromatic heterocycles. The molecule has 1 saturated carbocycles. The zero-order valence-electron chi connectivity index (χ0n) is 12.7. The van der Waals surface area contributed by atoms with Gasteiger partial charge in [-0.3, -0.25) is 4.79 Å². The van der Waals surface area contributed by atoms with Crippen LogP contribution in [0.4, 0.5) is 14.5 Å². The third-order valence-corrected chi connectivity index (χ3v) is 4.68. The van der Waals surface area contributed by atoms with Crippen LogP contribution < -0.4 is 10.9 Å². The lowest BCUT2D eigenvalue weighted by Gasteiger charge is -2.16. The zero-order chi connectivity index (χ0) is 17.3. The lowest BCUT2D eigenvalue weighted by Crippen LogP contribution is -2.25. The topological polar surface area (TPSA) is 67.2 Å². The van der Waals surface area contributed by atoms with E-state index >= 15 is 0 Å². The number of aromatic nitrogens is 2. The van der Waals surface area contributed by atoms with Crippen molar-refractivity contribution in [1.82, 2.24) is 9.78 Å². The van der Waals surface area contributed by atoms with Crippen LogP contribution in [0.5, 0.6) is 0 Å². The number of anilines is 1. The van der Waals surface area contributed by atoms with Gasteiger partial charge in [0.05, 0.1) is 11.9 Å². The number of hydrogen-bond acceptors (Lipinski definition) is 4. The van der Waals surface area contributed by atoms with Crippen molar-refractivity contribution in [2.24, 2.45) is 5.41 Å². The Morgan fingerprint density at radius 2 is 2.12 bits per heavy atom. The highest BCUT2D eigenvalue weighted by atomic mass is 35.5. The maximum Gasteiger partial charge on any atom is 0.292 e. The van der Waals surface area contributed by atoms with Crippen molar-refractivity contribution >= 4 is 17.3 Å². The van der Waals surface area contributed by atoms with Crippen molar-refractivity contribution in [1.29, 1.82) is 0 Å². The number of aliphatic hydroxyl groups is 1. The van der Waals surface area contributed by atoms with Gasteiger partial charge in [-0.25, -0.2) is 8.78 Å². The lowest BCUT2D eigenvalue weighted by atomic mass is 10.0. The normalized spacial score (nSPS) is 15.3. The molecule has 8 heteroatoms. The number of benzene rings is 1. The second-order valence-corrected chi connectivity index (χ2v) is 6.39. The molecular weight excluding hydrogens is 340 g/mol. The smallest absolute Gasteiger partial charge is 0.292 e. The van der Waals surface area contributed by atoms with Crippen LogP contribution in [0.1, 0.15) is 19.3 Å². The standard InChI is InChI=1S/C16H16ClF2N3O2/c17-14-12(20-9-16(3-4-16)5-6-23)8-21-22(15(14)24)13-2-1-10(18)7-11(13)19/h1-2,7-8,20,23H,3-6,9H2. The maximum absolute atomic E-state index is 13.8.